The molecule has 54 heavy (non-hydrogen) atoms. The molecule has 0 atom stereocenters. The fourth-order valence-corrected chi connectivity index (χ4v) is 3.45. The number of carboxylic acid groups (broad SMARTS) is 3. The Balaban J connectivity index is 0.000000566. The van der Waals surface area contributed by atoms with E-state index in [-0.39, 0.29) is 56.5 Å². The van der Waals surface area contributed by atoms with E-state index in [1.54, 1.807) is 0 Å². The van der Waals surface area contributed by atoms with Crippen molar-refractivity contribution in [1.29, 1.82) is 0 Å². The standard InChI is InChI=1S/C21H24N6O6.3C2HF3O2/c22-4-10-1-13-19(28)25-8-17-11(5-23)2-15(32-17)21(30)27-9-18-12(6-24)3-14(33-18)20(29)26-7-16(10)31-13;3*3-2(4,5)1(6)7/h1-3H,4-9,22-24H2,(H,25,28)(H,26,29)(H,27,30);3*(H,6,7). The maximum Gasteiger partial charge on any atom is 0.490 e. The lowest BCUT2D eigenvalue weighted by Gasteiger charge is -2.05. The molecule has 300 valence electrons. The van der Waals surface area contributed by atoms with Gasteiger partial charge in [0.1, 0.15) is 17.3 Å². The summed E-state index contributed by atoms with van der Waals surface area (Å²) >= 11 is 0. The van der Waals surface area contributed by atoms with Gasteiger partial charge in [-0.15, -0.1) is 0 Å². The topological polar surface area (TPSA) is 317 Å². The Morgan fingerprint density at radius 1 is 0.519 bits per heavy atom. The maximum atomic E-state index is 12.6. The van der Waals surface area contributed by atoms with Crippen molar-refractivity contribution in [2.24, 2.45) is 17.2 Å². The monoisotopic (exact) mass is 798 g/mol. The van der Waals surface area contributed by atoms with Crippen molar-refractivity contribution in [3.8, 4) is 0 Å². The van der Waals surface area contributed by atoms with Gasteiger partial charge < -0.3 is 61.7 Å². The molecular weight excluding hydrogens is 771 g/mol. The molecule has 27 heteroatoms. The van der Waals surface area contributed by atoms with Gasteiger partial charge in [-0.25, -0.2) is 14.4 Å². The first kappa shape index (κ1) is 45.9. The van der Waals surface area contributed by atoms with Gasteiger partial charge in [-0.3, -0.25) is 14.4 Å². The molecule has 0 saturated carbocycles. The highest BCUT2D eigenvalue weighted by molar-refractivity contribution is 5.93. The number of carboxylic acids is 3. The molecule has 12 N–H and O–H groups in total. The maximum absolute atomic E-state index is 12.6. The molecule has 1 aliphatic heterocycles. The molecule has 0 saturated heterocycles. The summed E-state index contributed by atoms with van der Waals surface area (Å²) in [5.74, 6) is -8.73. The predicted molar refractivity (Wildman–Crippen MR) is 154 cm³/mol. The van der Waals surface area contributed by atoms with Crippen LogP contribution in [0.3, 0.4) is 0 Å². The van der Waals surface area contributed by atoms with Crippen molar-refractivity contribution in [2.45, 2.75) is 57.8 Å². The molecule has 0 radical (unpaired) electrons. The smallest absolute Gasteiger partial charge is 0.475 e. The van der Waals surface area contributed by atoms with E-state index in [1.165, 1.54) is 18.2 Å². The zero-order valence-corrected chi connectivity index (χ0v) is 26.6. The van der Waals surface area contributed by atoms with Gasteiger partial charge in [-0.1, -0.05) is 0 Å². The van der Waals surface area contributed by atoms with E-state index in [0.717, 1.165) is 0 Å². The van der Waals surface area contributed by atoms with Crippen molar-refractivity contribution >= 4 is 35.6 Å². The second-order valence-corrected chi connectivity index (χ2v) is 9.75. The Labute approximate surface area is 293 Å². The van der Waals surface area contributed by atoms with Crippen molar-refractivity contribution in [2.75, 3.05) is 0 Å². The van der Waals surface area contributed by atoms with Crippen molar-refractivity contribution < 1.29 is 96.9 Å². The average molecular weight is 799 g/mol. The molecule has 4 heterocycles. The fourth-order valence-electron chi connectivity index (χ4n) is 3.45. The lowest BCUT2D eigenvalue weighted by molar-refractivity contribution is -0.193. The predicted octanol–water partition coefficient (Wildman–Crippen LogP) is 1.84. The lowest BCUT2D eigenvalue weighted by Crippen LogP contribution is -2.24. The molecule has 3 amide bonds. The number of halogens is 9. The first-order chi connectivity index (χ1) is 24.8. The largest absolute Gasteiger partial charge is 0.490 e. The number of aliphatic carboxylic acids is 3. The second kappa shape index (κ2) is 19.1. The Kier molecular flexibility index (Phi) is 16.3. The fraction of sp³-hybridized carbons (Fsp3) is 0.333. The quantitative estimate of drug-likeness (QED) is 0.171. The van der Waals surface area contributed by atoms with Crippen LogP contribution in [0.2, 0.25) is 0 Å². The van der Waals surface area contributed by atoms with Crippen LogP contribution in [0.5, 0.6) is 0 Å². The second-order valence-electron chi connectivity index (χ2n) is 9.75. The minimum Gasteiger partial charge on any atom is -0.475 e. The van der Waals surface area contributed by atoms with Crippen LogP contribution in [-0.2, 0) is 53.7 Å². The Hall–Kier alpha value is -6.09. The van der Waals surface area contributed by atoms with E-state index in [1.807, 2.05) is 0 Å². The first-order valence-electron chi connectivity index (χ1n) is 14.0. The van der Waals surface area contributed by atoms with Gasteiger partial charge in [0.05, 0.1) is 19.6 Å². The van der Waals surface area contributed by atoms with E-state index >= 15 is 0 Å². The minimum atomic E-state index is -5.08. The van der Waals surface area contributed by atoms with Crippen LogP contribution in [-0.4, -0.2) is 69.5 Å². The molecule has 6 bridgehead atoms. The molecular formula is C27H27F9N6O12. The summed E-state index contributed by atoms with van der Waals surface area (Å²) in [6.07, 6.45) is -15.3. The molecule has 0 aliphatic carbocycles. The van der Waals surface area contributed by atoms with Gasteiger partial charge in [-0.2, -0.15) is 39.5 Å². The Morgan fingerprint density at radius 3 is 0.852 bits per heavy atom. The van der Waals surface area contributed by atoms with E-state index in [0.29, 0.717) is 34.0 Å². The summed E-state index contributed by atoms with van der Waals surface area (Å²) in [6.45, 7) is 0.289. The van der Waals surface area contributed by atoms with Crippen molar-refractivity contribution in [3.05, 3.63) is 69.5 Å². The van der Waals surface area contributed by atoms with Gasteiger partial charge in [0.25, 0.3) is 17.7 Å². The number of furan rings is 3. The highest BCUT2D eigenvalue weighted by Crippen LogP contribution is 2.21. The number of nitrogens with one attached hydrogen (secondary N) is 3. The Morgan fingerprint density at radius 2 is 0.704 bits per heavy atom. The number of alkyl halides is 9. The summed E-state index contributed by atoms with van der Waals surface area (Å²) in [5, 5.41) is 29.4. The number of carbonyl (C=O) groups excluding carboxylic acids is 3. The summed E-state index contributed by atoms with van der Waals surface area (Å²) in [4.78, 5) is 64.4. The van der Waals surface area contributed by atoms with Gasteiger partial charge in [0.2, 0.25) is 0 Å². The molecule has 0 fully saturated rings. The van der Waals surface area contributed by atoms with Gasteiger partial charge in [0.15, 0.2) is 17.3 Å². The molecule has 1 aliphatic rings. The van der Waals surface area contributed by atoms with Crippen molar-refractivity contribution in [1.82, 2.24) is 16.0 Å². The number of hydrogen-bond acceptors (Lipinski definition) is 12. The van der Waals surface area contributed by atoms with E-state index in [2.05, 4.69) is 16.0 Å². The summed E-state index contributed by atoms with van der Waals surface area (Å²) in [7, 11) is 0. The number of fused-ring (bicyclic) bond motifs is 6. The molecule has 4 rings (SSSR count). The average Bonchev–Trinajstić information content (AvgIpc) is 3.80. The zero-order chi connectivity index (χ0) is 41.8. The number of rotatable bonds is 3. The van der Waals surface area contributed by atoms with Crippen LogP contribution in [0.1, 0.15) is 65.6 Å². The number of carbonyl (C=O) groups is 6. The third kappa shape index (κ3) is 14.1. The number of hydrogen-bond donors (Lipinski definition) is 9. The van der Waals surface area contributed by atoms with Gasteiger partial charge in [-0.05, 0) is 18.2 Å². The van der Waals surface area contributed by atoms with Crippen LogP contribution in [0.15, 0.2) is 31.5 Å². The molecule has 3 aromatic rings. The van der Waals surface area contributed by atoms with Crippen LogP contribution in [0.4, 0.5) is 39.5 Å². The van der Waals surface area contributed by atoms with Gasteiger partial charge >= 0.3 is 36.4 Å². The zero-order valence-electron chi connectivity index (χ0n) is 26.6. The Bertz CT molecular complexity index is 1610. The van der Waals surface area contributed by atoms with Crippen LogP contribution < -0.4 is 33.2 Å². The van der Waals surface area contributed by atoms with E-state index in [9.17, 15) is 53.9 Å². The van der Waals surface area contributed by atoms with Crippen LogP contribution in [0, 0.1) is 0 Å². The van der Waals surface area contributed by atoms with Crippen LogP contribution >= 0.6 is 0 Å². The molecule has 3 aromatic heterocycles. The normalized spacial score (nSPS) is 13.4. The summed E-state index contributed by atoms with van der Waals surface area (Å²) < 4.78 is 112. The molecule has 18 nitrogen and oxygen atoms in total. The van der Waals surface area contributed by atoms with E-state index in [4.69, 9.17) is 60.2 Å². The lowest BCUT2D eigenvalue weighted by atomic mass is 10.2. The first-order valence-corrected chi connectivity index (χ1v) is 14.0. The number of amides is 3. The van der Waals surface area contributed by atoms with Crippen LogP contribution in [0.25, 0.3) is 0 Å². The van der Waals surface area contributed by atoms with Crippen molar-refractivity contribution in [3.63, 3.8) is 0 Å². The van der Waals surface area contributed by atoms with Gasteiger partial charge in [0, 0.05) is 36.3 Å². The third-order valence-corrected chi connectivity index (χ3v) is 5.98. The summed E-state index contributed by atoms with van der Waals surface area (Å²) in [6, 6.07) is 4.52. The summed E-state index contributed by atoms with van der Waals surface area (Å²) in [5.41, 5.74) is 19.0. The SMILES string of the molecule is NCc1cc2oc1CNC(=O)c1cc(CN)c(o1)CNC(=O)c1cc(CN)c(o1)CNC2=O.O=C(O)C(F)(F)F.O=C(O)C(F)(F)F.O=C(O)C(F)(F)F. The van der Waals surface area contributed by atoms with E-state index < -0.39 is 54.2 Å². The molecule has 0 spiro atoms. The minimum absolute atomic E-state index is 0.0117. The molecule has 0 unspecified atom stereocenters. The highest BCUT2D eigenvalue weighted by Gasteiger charge is 2.39. The third-order valence-electron chi connectivity index (χ3n) is 5.98. The molecule has 0 aromatic carbocycles. The highest BCUT2D eigenvalue weighted by atomic mass is 19.4. The number of nitrogens with two attached hydrogens (primary N) is 3.